The highest BCUT2D eigenvalue weighted by Crippen LogP contribution is 2.31. The van der Waals surface area contributed by atoms with Crippen molar-refractivity contribution < 1.29 is 29.0 Å². The van der Waals surface area contributed by atoms with Crippen LogP contribution in [0.25, 0.3) is 0 Å². The van der Waals surface area contributed by atoms with Gasteiger partial charge in [-0.1, -0.05) is 30.3 Å². The Bertz CT molecular complexity index is 1530. The molecule has 228 valence electrons. The second-order valence-corrected chi connectivity index (χ2v) is 10.3. The minimum absolute atomic E-state index is 0.0406. The van der Waals surface area contributed by atoms with Gasteiger partial charge in [-0.05, 0) is 48.0 Å². The third-order valence-corrected chi connectivity index (χ3v) is 7.39. The van der Waals surface area contributed by atoms with E-state index in [1.54, 1.807) is 0 Å². The summed E-state index contributed by atoms with van der Waals surface area (Å²) in [5.41, 5.74) is 7.29. The molecule has 0 saturated carbocycles. The van der Waals surface area contributed by atoms with E-state index in [1.165, 1.54) is 48.0 Å². The van der Waals surface area contributed by atoms with Gasteiger partial charge in [0.2, 0.25) is 6.04 Å². The van der Waals surface area contributed by atoms with E-state index in [0.29, 0.717) is 24.3 Å². The molecule has 0 bridgehead atoms. The summed E-state index contributed by atoms with van der Waals surface area (Å²) >= 11 is 0. The maximum absolute atomic E-state index is 13.9. The second-order valence-electron chi connectivity index (χ2n) is 10.3. The standard InChI is InChI=1S/C32H34N6O6/c1-44-32(43)28(29(34)39)38(30(40)24-9-7-22(20-33)8-10-24)27-19-25(31(41)42)11-12-26(27)35-13-14-36-15-17-37(18-16-36)21-23-5-3-2-4-6-23/h2-12,19,28,35H,13-18,21H2,1H3,(H2,34,39)(H,41,42). The van der Waals surface area contributed by atoms with Gasteiger partial charge in [-0.3, -0.25) is 24.3 Å². The number of nitrogens with one attached hydrogen (secondary N) is 1. The van der Waals surface area contributed by atoms with E-state index in [2.05, 4.69) is 27.2 Å². The number of carboxylic acids is 1. The van der Waals surface area contributed by atoms with Crippen molar-refractivity contribution in [1.82, 2.24) is 9.80 Å². The first-order valence-corrected chi connectivity index (χ1v) is 14.0. The molecule has 1 fully saturated rings. The van der Waals surface area contributed by atoms with Crippen molar-refractivity contribution in [3.05, 3.63) is 95.1 Å². The molecule has 1 aliphatic heterocycles. The Kier molecular flexibility index (Phi) is 10.6. The number of nitriles is 1. The van der Waals surface area contributed by atoms with Crippen LogP contribution in [0.5, 0.6) is 0 Å². The van der Waals surface area contributed by atoms with Gasteiger partial charge in [-0.25, -0.2) is 9.59 Å². The van der Waals surface area contributed by atoms with Gasteiger partial charge in [0.1, 0.15) is 0 Å². The number of benzene rings is 3. The number of methoxy groups -OCH3 is 1. The fourth-order valence-corrected chi connectivity index (χ4v) is 5.03. The maximum atomic E-state index is 13.9. The van der Waals surface area contributed by atoms with Gasteiger partial charge in [0.05, 0.1) is 35.7 Å². The van der Waals surface area contributed by atoms with Crippen LogP contribution in [0.15, 0.2) is 72.8 Å². The number of nitrogens with two attached hydrogens (primary N) is 1. The number of rotatable bonds is 12. The van der Waals surface area contributed by atoms with Crippen LogP contribution in [-0.4, -0.2) is 91.1 Å². The average Bonchev–Trinajstić information content (AvgIpc) is 3.04. The minimum Gasteiger partial charge on any atom is -0.478 e. The number of esters is 1. The normalized spacial score (nSPS) is 14.2. The third-order valence-electron chi connectivity index (χ3n) is 7.39. The molecule has 12 nitrogen and oxygen atoms in total. The van der Waals surface area contributed by atoms with Crippen molar-refractivity contribution in [1.29, 1.82) is 5.26 Å². The summed E-state index contributed by atoms with van der Waals surface area (Å²) in [4.78, 5) is 56.7. The molecule has 44 heavy (non-hydrogen) atoms. The fraction of sp³-hybridized carbons (Fsp3) is 0.281. The Morgan fingerprint density at radius 2 is 1.61 bits per heavy atom. The zero-order valence-corrected chi connectivity index (χ0v) is 24.3. The number of anilines is 2. The summed E-state index contributed by atoms with van der Waals surface area (Å²) in [5, 5.41) is 22.1. The van der Waals surface area contributed by atoms with Crippen LogP contribution in [0.1, 0.15) is 31.8 Å². The first-order valence-electron chi connectivity index (χ1n) is 14.0. The van der Waals surface area contributed by atoms with Crippen molar-refractivity contribution in [3.8, 4) is 6.07 Å². The predicted molar refractivity (Wildman–Crippen MR) is 163 cm³/mol. The molecule has 1 aliphatic rings. The first-order chi connectivity index (χ1) is 21.2. The zero-order chi connectivity index (χ0) is 31.6. The quantitative estimate of drug-likeness (QED) is 0.207. The van der Waals surface area contributed by atoms with Crippen molar-refractivity contribution in [3.63, 3.8) is 0 Å². The highest BCUT2D eigenvalue weighted by Gasteiger charge is 2.38. The molecule has 3 aromatic carbocycles. The van der Waals surface area contributed by atoms with Crippen LogP contribution in [0.2, 0.25) is 0 Å². The lowest BCUT2D eigenvalue weighted by Crippen LogP contribution is -2.53. The summed E-state index contributed by atoms with van der Waals surface area (Å²) in [6.45, 7) is 5.48. The first kappa shape index (κ1) is 31.7. The zero-order valence-electron chi connectivity index (χ0n) is 24.3. The number of piperazine rings is 1. The van der Waals surface area contributed by atoms with Gasteiger partial charge in [-0.2, -0.15) is 5.26 Å². The summed E-state index contributed by atoms with van der Waals surface area (Å²) in [7, 11) is 1.05. The van der Waals surface area contributed by atoms with Crippen LogP contribution in [-0.2, 0) is 20.9 Å². The van der Waals surface area contributed by atoms with E-state index in [0.717, 1.165) is 44.7 Å². The SMILES string of the molecule is COC(=O)C(C(N)=O)N(C(=O)c1ccc(C#N)cc1)c1cc(C(=O)O)ccc1NCCN1CCN(Cc2ccccc2)CC1. The number of primary amides is 1. The Labute approximate surface area is 255 Å². The highest BCUT2D eigenvalue weighted by atomic mass is 16.5. The number of aromatic carboxylic acids is 1. The van der Waals surface area contributed by atoms with E-state index < -0.39 is 29.8 Å². The molecule has 2 amide bonds. The van der Waals surface area contributed by atoms with E-state index in [9.17, 15) is 24.3 Å². The summed E-state index contributed by atoms with van der Waals surface area (Å²) < 4.78 is 4.80. The number of amides is 2. The smallest absolute Gasteiger partial charge is 0.338 e. The van der Waals surface area contributed by atoms with E-state index in [4.69, 9.17) is 15.7 Å². The fourth-order valence-electron chi connectivity index (χ4n) is 5.03. The molecule has 1 heterocycles. The van der Waals surface area contributed by atoms with E-state index in [-0.39, 0.29) is 16.8 Å². The molecule has 0 aromatic heterocycles. The average molecular weight is 599 g/mol. The molecule has 1 saturated heterocycles. The van der Waals surface area contributed by atoms with Crippen molar-refractivity contribution in [2.45, 2.75) is 12.6 Å². The van der Waals surface area contributed by atoms with Crippen LogP contribution in [0.4, 0.5) is 11.4 Å². The van der Waals surface area contributed by atoms with Crippen molar-refractivity contribution in [2.75, 3.05) is 56.6 Å². The van der Waals surface area contributed by atoms with Crippen LogP contribution in [0.3, 0.4) is 0 Å². The molecular weight excluding hydrogens is 564 g/mol. The molecule has 1 atom stereocenters. The van der Waals surface area contributed by atoms with E-state index >= 15 is 0 Å². The van der Waals surface area contributed by atoms with Gasteiger partial charge < -0.3 is 20.9 Å². The number of carboxylic acid groups (broad SMARTS) is 1. The molecule has 0 spiro atoms. The van der Waals surface area contributed by atoms with Crippen molar-refractivity contribution in [2.24, 2.45) is 5.73 Å². The van der Waals surface area contributed by atoms with Crippen LogP contribution in [0, 0.1) is 11.3 Å². The number of hydrogen-bond donors (Lipinski definition) is 3. The molecule has 12 heteroatoms. The largest absolute Gasteiger partial charge is 0.478 e. The Hall–Kier alpha value is -5.25. The van der Waals surface area contributed by atoms with Crippen molar-refractivity contribution >= 4 is 35.1 Å². The molecular formula is C32H34N6O6. The number of nitrogens with zero attached hydrogens (tertiary/aromatic N) is 4. The predicted octanol–water partition coefficient (Wildman–Crippen LogP) is 2.16. The highest BCUT2D eigenvalue weighted by molar-refractivity contribution is 6.18. The van der Waals surface area contributed by atoms with Crippen LogP contribution < -0.4 is 16.0 Å². The summed E-state index contributed by atoms with van der Waals surface area (Å²) in [6.07, 6.45) is 0. The lowest BCUT2D eigenvalue weighted by molar-refractivity contribution is -0.145. The van der Waals surface area contributed by atoms with Gasteiger partial charge in [0.15, 0.2) is 0 Å². The molecule has 3 aromatic rings. The Morgan fingerprint density at radius 1 is 0.977 bits per heavy atom. The lowest BCUT2D eigenvalue weighted by atomic mass is 10.1. The summed E-state index contributed by atoms with van der Waals surface area (Å²) in [5.74, 6) is -4.35. The molecule has 4 rings (SSSR count). The number of carbonyl (C=O) groups excluding carboxylic acids is 3. The van der Waals surface area contributed by atoms with E-state index in [1.807, 2.05) is 24.3 Å². The van der Waals surface area contributed by atoms with Gasteiger partial charge in [0.25, 0.3) is 11.8 Å². The van der Waals surface area contributed by atoms with Gasteiger partial charge >= 0.3 is 11.9 Å². The molecule has 0 radical (unpaired) electrons. The second kappa shape index (κ2) is 14.8. The van der Waals surface area contributed by atoms with Crippen LogP contribution >= 0.6 is 0 Å². The third kappa shape index (κ3) is 7.77. The molecule has 4 N–H and O–H groups in total. The number of carbonyl (C=O) groups is 4. The van der Waals surface area contributed by atoms with Gasteiger partial charge in [0, 0.05) is 51.4 Å². The minimum atomic E-state index is -1.90. The lowest BCUT2D eigenvalue weighted by Gasteiger charge is -2.35. The topological polar surface area (TPSA) is 169 Å². The maximum Gasteiger partial charge on any atom is 0.338 e. The number of ether oxygens (including phenoxy) is 1. The number of hydrogen-bond acceptors (Lipinski definition) is 9. The Balaban J connectivity index is 1.57. The molecule has 1 unspecified atom stereocenters. The molecule has 0 aliphatic carbocycles. The Morgan fingerprint density at radius 3 is 2.20 bits per heavy atom. The summed E-state index contributed by atoms with van der Waals surface area (Å²) in [6, 6.07) is 20.0. The monoisotopic (exact) mass is 598 g/mol. The van der Waals surface area contributed by atoms with Gasteiger partial charge in [-0.15, -0.1) is 0 Å².